The Morgan fingerprint density at radius 1 is 1.50 bits per heavy atom. The molecule has 0 spiro atoms. The minimum absolute atomic E-state index is 0.124. The Morgan fingerprint density at radius 3 is 2.80 bits per heavy atom. The second-order valence-corrected chi connectivity index (χ2v) is 7.08. The SMILES string of the molecule is CC1(C(=O)O)CCCN(S(=O)(=O)c2cncc(F)c2)C1. The summed E-state index contributed by atoms with van der Waals surface area (Å²) >= 11 is 0. The van der Waals surface area contributed by atoms with Crippen molar-refractivity contribution >= 4 is 16.0 Å². The lowest BCUT2D eigenvalue weighted by Gasteiger charge is -2.36. The van der Waals surface area contributed by atoms with Gasteiger partial charge in [-0.15, -0.1) is 0 Å². The van der Waals surface area contributed by atoms with Crippen LogP contribution in [0.5, 0.6) is 0 Å². The van der Waals surface area contributed by atoms with Crippen molar-refractivity contribution in [2.45, 2.75) is 24.7 Å². The van der Waals surface area contributed by atoms with Gasteiger partial charge in [-0.1, -0.05) is 0 Å². The van der Waals surface area contributed by atoms with Crippen LogP contribution in [0.25, 0.3) is 0 Å². The van der Waals surface area contributed by atoms with Gasteiger partial charge >= 0.3 is 5.97 Å². The van der Waals surface area contributed by atoms with E-state index in [1.54, 1.807) is 0 Å². The number of aromatic nitrogens is 1. The molecule has 110 valence electrons. The van der Waals surface area contributed by atoms with Crippen LogP contribution in [-0.2, 0) is 14.8 Å². The first-order valence-electron chi connectivity index (χ1n) is 6.10. The van der Waals surface area contributed by atoms with Crippen molar-refractivity contribution in [3.8, 4) is 0 Å². The topological polar surface area (TPSA) is 87.6 Å². The Labute approximate surface area is 116 Å². The van der Waals surface area contributed by atoms with Crippen LogP contribution in [0, 0.1) is 11.2 Å². The van der Waals surface area contributed by atoms with Crippen molar-refractivity contribution in [3.63, 3.8) is 0 Å². The van der Waals surface area contributed by atoms with Crippen LogP contribution in [0.2, 0.25) is 0 Å². The molecule has 1 aromatic rings. The van der Waals surface area contributed by atoms with E-state index in [0.29, 0.717) is 12.8 Å². The molecule has 2 heterocycles. The molecular weight excluding hydrogens is 287 g/mol. The first-order valence-corrected chi connectivity index (χ1v) is 7.54. The normalized spacial score (nSPS) is 24.5. The number of piperidine rings is 1. The van der Waals surface area contributed by atoms with Gasteiger partial charge in [0.05, 0.1) is 11.6 Å². The summed E-state index contributed by atoms with van der Waals surface area (Å²) in [6, 6.07) is 0.884. The van der Waals surface area contributed by atoms with Crippen LogP contribution in [0.1, 0.15) is 19.8 Å². The second kappa shape index (κ2) is 5.10. The third kappa shape index (κ3) is 2.66. The van der Waals surface area contributed by atoms with Crippen LogP contribution in [0.3, 0.4) is 0 Å². The minimum atomic E-state index is -3.92. The standard InChI is InChI=1S/C12H15FN2O4S/c1-12(11(16)17)3-2-4-15(8-12)20(18,19)10-5-9(13)6-14-7-10/h5-7H,2-4,8H2,1H3,(H,16,17). The van der Waals surface area contributed by atoms with Gasteiger partial charge in [0.1, 0.15) is 10.7 Å². The lowest BCUT2D eigenvalue weighted by atomic mass is 9.83. The molecule has 0 bridgehead atoms. The van der Waals surface area contributed by atoms with Gasteiger partial charge in [0.15, 0.2) is 0 Å². The molecule has 1 saturated heterocycles. The zero-order valence-corrected chi connectivity index (χ0v) is 11.7. The van der Waals surface area contributed by atoms with Gasteiger partial charge in [0.25, 0.3) is 0 Å². The van der Waals surface area contributed by atoms with Gasteiger partial charge in [-0.2, -0.15) is 4.31 Å². The van der Waals surface area contributed by atoms with E-state index in [2.05, 4.69) is 4.98 Å². The molecule has 1 N–H and O–H groups in total. The first kappa shape index (κ1) is 14.9. The van der Waals surface area contributed by atoms with Crippen molar-refractivity contribution in [1.29, 1.82) is 0 Å². The number of pyridine rings is 1. The van der Waals surface area contributed by atoms with Gasteiger partial charge in [-0.3, -0.25) is 9.78 Å². The van der Waals surface area contributed by atoms with Crippen molar-refractivity contribution in [1.82, 2.24) is 9.29 Å². The maximum Gasteiger partial charge on any atom is 0.310 e. The van der Waals surface area contributed by atoms with Crippen LogP contribution < -0.4 is 0 Å². The molecule has 1 unspecified atom stereocenters. The largest absolute Gasteiger partial charge is 0.481 e. The molecule has 2 rings (SSSR count). The van der Waals surface area contributed by atoms with Crippen molar-refractivity contribution in [3.05, 3.63) is 24.3 Å². The minimum Gasteiger partial charge on any atom is -0.481 e. The highest BCUT2D eigenvalue weighted by atomic mass is 32.2. The molecular formula is C12H15FN2O4S. The predicted octanol–water partition coefficient (Wildman–Crippen LogP) is 1.10. The van der Waals surface area contributed by atoms with E-state index in [0.717, 1.165) is 22.8 Å². The number of rotatable bonds is 3. The van der Waals surface area contributed by atoms with E-state index in [1.165, 1.54) is 6.92 Å². The lowest BCUT2D eigenvalue weighted by Crippen LogP contribution is -2.48. The summed E-state index contributed by atoms with van der Waals surface area (Å²) in [5.74, 6) is -1.78. The third-order valence-electron chi connectivity index (χ3n) is 3.50. The summed E-state index contributed by atoms with van der Waals surface area (Å²) in [7, 11) is -3.92. The van der Waals surface area contributed by atoms with Crippen LogP contribution >= 0.6 is 0 Å². The van der Waals surface area contributed by atoms with E-state index in [-0.39, 0.29) is 18.0 Å². The summed E-state index contributed by atoms with van der Waals surface area (Å²) in [5.41, 5.74) is -1.12. The van der Waals surface area contributed by atoms with E-state index >= 15 is 0 Å². The monoisotopic (exact) mass is 302 g/mol. The molecule has 0 saturated carbocycles. The molecule has 8 heteroatoms. The smallest absolute Gasteiger partial charge is 0.310 e. The van der Waals surface area contributed by atoms with Gasteiger partial charge in [-0.25, -0.2) is 12.8 Å². The van der Waals surface area contributed by atoms with E-state index in [4.69, 9.17) is 0 Å². The molecule has 0 aromatic carbocycles. The Balaban J connectivity index is 2.33. The fraction of sp³-hybridized carbons (Fsp3) is 0.500. The molecule has 1 aromatic heterocycles. The second-order valence-electron chi connectivity index (χ2n) is 5.15. The number of hydrogen-bond donors (Lipinski definition) is 1. The number of nitrogens with zero attached hydrogens (tertiary/aromatic N) is 2. The van der Waals surface area contributed by atoms with Gasteiger partial charge < -0.3 is 5.11 Å². The number of sulfonamides is 1. The maximum atomic E-state index is 13.1. The van der Waals surface area contributed by atoms with Crippen molar-refractivity contribution < 1.29 is 22.7 Å². The molecule has 1 aliphatic rings. The number of carbonyl (C=O) groups is 1. The number of carboxylic acids is 1. The summed E-state index contributed by atoms with van der Waals surface area (Å²) in [6.07, 6.45) is 2.84. The van der Waals surface area contributed by atoms with Gasteiger partial charge in [0, 0.05) is 19.3 Å². The summed E-state index contributed by atoms with van der Waals surface area (Å²) in [4.78, 5) is 14.5. The summed E-state index contributed by atoms with van der Waals surface area (Å²) in [6.45, 7) is 1.61. The van der Waals surface area contributed by atoms with E-state index in [9.17, 15) is 22.7 Å². The average molecular weight is 302 g/mol. The van der Waals surface area contributed by atoms with Crippen molar-refractivity contribution in [2.75, 3.05) is 13.1 Å². The average Bonchev–Trinajstić information content (AvgIpc) is 2.38. The van der Waals surface area contributed by atoms with E-state index < -0.39 is 27.2 Å². The molecule has 6 nitrogen and oxygen atoms in total. The lowest BCUT2D eigenvalue weighted by molar-refractivity contribution is -0.150. The van der Waals surface area contributed by atoms with Crippen LogP contribution in [0.4, 0.5) is 4.39 Å². The van der Waals surface area contributed by atoms with Crippen LogP contribution in [0.15, 0.2) is 23.4 Å². The number of hydrogen-bond acceptors (Lipinski definition) is 4. The van der Waals surface area contributed by atoms with E-state index in [1.807, 2.05) is 0 Å². The highest BCUT2D eigenvalue weighted by Gasteiger charge is 2.42. The summed E-state index contributed by atoms with van der Waals surface area (Å²) < 4.78 is 38.9. The Morgan fingerprint density at radius 2 is 2.20 bits per heavy atom. The Hall–Kier alpha value is -1.54. The fourth-order valence-corrected chi connectivity index (χ4v) is 3.83. The van der Waals surface area contributed by atoms with Crippen LogP contribution in [-0.4, -0.2) is 41.9 Å². The number of carboxylic acid groups (broad SMARTS) is 1. The zero-order valence-electron chi connectivity index (χ0n) is 10.9. The van der Waals surface area contributed by atoms with Crippen molar-refractivity contribution in [2.24, 2.45) is 5.41 Å². The summed E-state index contributed by atoms with van der Waals surface area (Å²) in [5, 5.41) is 9.20. The molecule has 1 fully saturated rings. The molecule has 0 amide bonds. The highest BCUT2D eigenvalue weighted by molar-refractivity contribution is 7.89. The zero-order chi connectivity index (χ0) is 15.0. The molecule has 0 radical (unpaired) electrons. The molecule has 1 atom stereocenters. The Bertz CT molecular complexity index is 634. The first-order chi connectivity index (χ1) is 9.25. The molecule has 0 aliphatic carbocycles. The Kier molecular flexibility index (Phi) is 3.79. The molecule has 20 heavy (non-hydrogen) atoms. The number of aliphatic carboxylic acids is 1. The van der Waals surface area contributed by atoms with Gasteiger partial charge in [-0.05, 0) is 25.8 Å². The highest BCUT2D eigenvalue weighted by Crippen LogP contribution is 2.32. The molecule has 1 aliphatic heterocycles. The maximum absolute atomic E-state index is 13.1. The quantitative estimate of drug-likeness (QED) is 0.903. The number of halogens is 1. The predicted molar refractivity (Wildman–Crippen MR) is 67.9 cm³/mol. The third-order valence-corrected chi connectivity index (χ3v) is 5.31. The van der Waals surface area contributed by atoms with Gasteiger partial charge in [0.2, 0.25) is 10.0 Å². The fourth-order valence-electron chi connectivity index (χ4n) is 2.26.